The molecule has 1 aliphatic rings. The minimum atomic E-state index is 0.0638. The summed E-state index contributed by atoms with van der Waals surface area (Å²) in [6.07, 6.45) is 3.09. The fourth-order valence-corrected chi connectivity index (χ4v) is 3.12. The monoisotopic (exact) mass is 333 g/mol. The molecule has 1 saturated carbocycles. The summed E-state index contributed by atoms with van der Waals surface area (Å²) in [7, 11) is 0. The van der Waals surface area contributed by atoms with Gasteiger partial charge in [-0.05, 0) is 51.9 Å². The van der Waals surface area contributed by atoms with Crippen LogP contribution in [0.2, 0.25) is 0 Å². The number of hydrogen-bond donors (Lipinski definition) is 1. The Morgan fingerprint density at radius 3 is 2.64 bits per heavy atom. The quantitative estimate of drug-likeness (QED) is 0.750. The summed E-state index contributed by atoms with van der Waals surface area (Å²) >= 11 is 0. The van der Waals surface area contributed by atoms with E-state index in [0.29, 0.717) is 18.3 Å². The molecule has 0 unspecified atom stereocenters. The number of hydrogen-bond acceptors (Lipinski definition) is 4. The molecule has 0 saturated heterocycles. The second-order valence-electron chi connectivity index (χ2n) is 6.41. The zero-order chi connectivity index (χ0) is 17.1. The van der Waals surface area contributed by atoms with Gasteiger partial charge in [-0.25, -0.2) is 4.68 Å². The second-order valence-corrected chi connectivity index (χ2v) is 6.41. The predicted octanol–water partition coefficient (Wildman–Crippen LogP) is 2.12. The van der Waals surface area contributed by atoms with Gasteiger partial charge in [0.25, 0.3) is 0 Å². The van der Waals surface area contributed by atoms with Crippen LogP contribution in [0.15, 0.2) is 60.9 Å². The molecule has 1 fully saturated rings. The maximum atomic E-state index is 12.2. The molecule has 1 heterocycles. The van der Waals surface area contributed by atoms with Crippen molar-refractivity contribution in [3.8, 4) is 5.69 Å². The lowest BCUT2D eigenvalue weighted by molar-refractivity contribution is -0.120. The first-order valence-corrected chi connectivity index (χ1v) is 8.43. The van der Waals surface area contributed by atoms with Crippen LogP contribution < -0.4 is 5.32 Å². The Morgan fingerprint density at radius 2 is 1.92 bits per heavy atom. The topological polar surface area (TPSA) is 72.7 Å². The summed E-state index contributed by atoms with van der Waals surface area (Å²) in [5.41, 5.74) is 3.22. The van der Waals surface area contributed by atoms with Crippen LogP contribution in [0.5, 0.6) is 0 Å². The minimum absolute atomic E-state index is 0.0638. The lowest BCUT2D eigenvalue weighted by atomic mass is 10.1. The van der Waals surface area contributed by atoms with Crippen LogP contribution in [0.25, 0.3) is 5.69 Å². The molecular weight excluding hydrogens is 314 g/mol. The molecule has 1 amide bonds. The molecule has 4 rings (SSSR count). The van der Waals surface area contributed by atoms with Gasteiger partial charge in [0.05, 0.1) is 12.1 Å². The predicted molar refractivity (Wildman–Crippen MR) is 93.2 cm³/mol. The van der Waals surface area contributed by atoms with Gasteiger partial charge in [-0.15, -0.1) is 5.10 Å². The van der Waals surface area contributed by atoms with Crippen LogP contribution in [-0.2, 0) is 11.2 Å². The summed E-state index contributed by atoms with van der Waals surface area (Å²) in [5, 5.41) is 14.1. The van der Waals surface area contributed by atoms with Gasteiger partial charge in [-0.2, -0.15) is 0 Å². The fraction of sp³-hybridized carbons (Fsp3) is 0.263. The van der Waals surface area contributed by atoms with Crippen molar-refractivity contribution in [2.75, 3.05) is 6.54 Å². The van der Waals surface area contributed by atoms with Crippen LogP contribution in [0, 0.1) is 5.92 Å². The van der Waals surface area contributed by atoms with E-state index in [1.165, 1.54) is 5.56 Å². The second kappa shape index (κ2) is 6.84. The van der Waals surface area contributed by atoms with Gasteiger partial charge in [0.15, 0.2) is 0 Å². The molecule has 1 aliphatic carbocycles. The fourth-order valence-electron chi connectivity index (χ4n) is 3.12. The molecule has 2 aromatic carbocycles. The number of benzene rings is 2. The van der Waals surface area contributed by atoms with Crippen molar-refractivity contribution >= 4 is 5.91 Å². The van der Waals surface area contributed by atoms with Gasteiger partial charge in [-0.1, -0.05) is 42.5 Å². The molecule has 1 N–H and O–H groups in total. The summed E-state index contributed by atoms with van der Waals surface area (Å²) < 4.78 is 1.58. The van der Waals surface area contributed by atoms with E-state index in [9.17, 15) is 4.79 Å². The van der Waals surface area contributed by atoms with E-state index in [4.69, 9.17) is 0 Å². The highest BCUT2D eigenvalue weighted by Gasteiger charge is 2.37. The standard InChI is InChI=1S/C19H19N5O/c25-19(20-12-16-11-18(16)15-4-2-1-3-5-15)10-14-6-8-17(9-7-14)24-13-21-22-23-24/h1-9,13,16,18H,10-12H2,(H,20,25)/t16-,18-/m1/s1. The summed E-state index contributed by atoms with van der Waals surface area (Å²) in [5.74, 6) is 1.22. The molecule has 25 heavy (non-hydrogen) atoms. The molecular formula is C19H19N5O. The molecule has 126 valence electrons. The third-order valence-electron chi connectivity index (χ3n) is 4.63. The molecule has 1 aromatic heterocycles. The Bertz CT molecular complexity index is 830. The molecule has 0 radical (unpaired) electrons. The number of carbonyl (C=O) groups is 1. The first-order chi connectivity index (χ1) is 12.3. The van der Waals surface area contributed by atoms with Crippen LogP contribution in [0.4, 0.5) is 0 Å². The van der Waals surface area contributed by atoms with Crippen LogP contribution in [0.1, 0.15) is 23.5 Å². The lowest BCUT2D eigenvalue weighted by Gasteiger charge is -2.06. The Morgan fingerprint density at radius 1 is 1.12 bits per heavy atom. The van der Waals surface area contributed by atoms with E-state index in [1.54, 1.807) is 11.0 Å². The number of nitrogens with one attached hydrogen (secondary N) is 1. The van der Waals surface area contributed by atoms with Crippen molar-refractivity contribution in [3.05, 3.63) is 72.1 Å². The Kier molecular flexibility index (Phi) is 4.24. The smallest absolute Gasteiger partial charge is 0.224 e. The van der Waals surface area contributed by atoms with Crippen molar-refractivity contribution in [1.29, 1.82) is 0 Å². The van der Waals surface area contributed by atoms with Gasteiger partial charge >= 0.3 is 0 Å². The number of aromatic nitrogens is 4. The maximum absolute atomic E-state index is 12.2. The normalized spacial score (nSPS) is 18.7. The van der Waals surface area contributed by atoms with Crippen molar-refractivity contribution in [2.45, 2.75) is 18.8 Å². The number of amides is 1. The van der Waals surface area contributed by atoms with Crippen molar-refractivity contribution in [3.63, 3.8) is 0 Å². The van der Waals surface area contributed by atoms with Crippen molar-refractivity contribution in [2.24, 2.45) is 5.92 Å². The molecule has 2 atom stereocenters. The average molecular weight is 333 g/mol. The average Bonchev–Trinajstić information content (AvgIpc) is 3.23. The number of tetrazole rings is 1. The number of rotatable bonds is 6. The van der Waals surface area contributed by atoms with E-state index < -0.39 is 0 Å². The highest BCUT2D eigenvalue weighted by molar-refractivity contribution is 5.78. The molecule has 0 spiro atoms. The van der Waals surface area contributed by atoms with Crippen molar-refractivity contribution in [1.82, 2.24) is 25.5 Å². The van der Waals surface area contributed by atoms with Crippen LogP contribution >= 0.6 is 0 Å². The highest BCUT2D eigenvalue weighted by atomic mass is 16.1. The minimum Gasteiger partial charge on any atom is -0.356 e. The Hall–Kier alpha value is -3.02. The Labute approximate surface area is 145 Å². The van der Waals surface area contributed by atoms with E-state index in [-0.39, 0.29) is 5.91 Å². The van der Waals surface area contributed by atoms with Gasteiger partial charge in [0, 0.05) is 6.54 Å². The van der Waals surface area contributed by atoms with E-state index >= 15 is 0 Å². The van der Waals surface area contributed by atoms with E-state index in [2.05, 4.69) is 45.1 Å². The SMILES string of the molecule is O=C(Cc1ccc(-n2cnnn2)cc1)NC[C@H]1C[C@@H]1c1ccccc1. The molecule has 3 aromatic rings. The molecule has 6 heteroatoms. The van der Waals surface area contributed by atoms with Gasteiger partial charge in [0.2, 0.25) is 5.91 Å². The van der Waals surface area contributed by atoms with Crippen molar-refractivity contribution < 1.29 is 4.79 Å². The molecule has 0 bridgehead atoms. The lowest BCUT2D eigenvalue weighted by Crippen LogP contribution is -2.27. The van der Waals surface area contributed by atoms with Crippen LogP contribution in [-0.4, -0.2) is 32.7 Å². The largest absolute Gasteiger partial charge is 0.356 e. The van der Waals surface area contributed by atoms with Crippen LogP contribution in [0.3, 0.4) is 0 Å². The van der Waals surface area contributed by atoms with Gasteiger partial charge in [0.1, 0.15) is 6.33 Å². The van der Waals surface area contributed by atoms with Gasteiger partial charge in [-0.3, -0.25) is 4.79 Å². The zero-order valence-corrected chi connectivity index (χ0v) is 13.7. The highest BCUT2D eigenvalue weighted by Crippen LogP contribution is 2.46. The summed E-state index contributed by atoms with van der Waals surface area (Å²) in [6.45, 7) is 0.751. The Balaban J connectivity index is 1.26. The third-order valence-corrected chi connectivity index (χ3v) is 4.63. The van der Waals surface area contributed by atoms with E-state index in [1.807, 2.05) is 30.3 Å². The maximum Gasteiger partial charge on any atom is 0.224 e. The van der Waals surface area contributed by atoms with Gasteiger partial charge < -0.3 is 5.32 Å². The number of nitrogens with zero attached hydrogens (tertiary/aromatic N) is 4. The summed E-state index contributed by atoms with van der Waals surface area (Å²) in [4.78, 5) is 12.2. The van der Waals surface area contributed by atoms with E-state index in [0.717, 1.165) is 24.2 Å². The first kappa shape index (κ1) is 15.5. The molecule has 0 aliphatic heterocycles. The number of carbonyl (C=O) groups excluding carboxylic acids is 1. The first-order valence-electron chi connectivity index (χ1n) is 8.43. The summed E-state index contributed by atoms with van der Waals surface area (Å²) in [6, 6.07) is 18.2. The molecule has 6 nitrogen and oxygen atoms in total. The third kappa shape index (κ3) is 3.74. The zero-order valence-electron chi connectivity index (χ0n) is 13.7.